The molecule has 1 aromatic carbocycles. The van der Waals surface area contributed by atoms with Crippen LogP contribution in [0.15, 0.2) is 24.3 Å². The zero-order valence-electron chi connectivity index (χ0n) is 11.8. The van der Waals surface area contributed by atoms with Crippen LogP contribution >= 0.6 is 11.3 Å². The molecule has 0 bridgehead atoms. The first-order valence-corrected chi connectivity index (χ1v) is 7.61. The van der Waals surface area contributed by atoms with Gasteiger partial charge < -0.3 is 0 Å². The molecule has 106 valence electrons. The van der Waals surface area contributed by atoms with E-state index in [-0.39, 0.29) is 5.91 Å². The Balaban J connectivity index is 2.38. The van der Waals surface area contributed by atoms with Gasteiger partial charge in [-0.1, -0.05) is 44.5 Å². The minimum atomic E-state index is -0.262. The van der Waals surface area contributed by atoms with E-state index >= 15 is 0 Å². The van der Waals surface area contributed by atoms with E-state index in [0.29, 0.717) is 4.88 Å². The molecule has 4 nitrogen and oxygen atoms in total. The van der Waals surface area contributed by atoms with E-state index in [4.69, 9.17) is 5.84 Å². The lowest BCUT2D eigenvalue weighted by Gasteiger charge is -1.98. The van der Waals surface area contributed by atoms with Gasteiger partial charge in [-0.2, -0.15) is 0 Å². The number of rotatable bonds is 5. The molecule has 0 saturated heterocycles. The highest BCUT2D eigenvalue weighted by molar-refractivity contribution is 7.17. The van der Waals surface area contributed by atoms with Crippen molar-refractivity contribution in [1.29, 1.82) is 0 Å². The predicted octanol–water partition coefficient (Wildman–Crippen LogP) is 2.93. The van der Waals surface area contributed by atoms with E-state index in [2.05, 4.69) is 48.5 Å². The van der Waals surface area contributed by atoms with Gasteiger partial charge in [-0.05, 0) is 18.4 Å². The number of nitrogens with two attached hydrogens (primary N) is 1. The number of hydrazine groups is 1. The van der Waals surface area contributed by atoms with E-state index in [1.165, 1.54) is 16.9 Å². The van der Waals surface area contributed by atoms with Gasteiger partial charge in [-0.15, -0.1) is 11.3 Å². The first kappa shape index (κ1) is 14.7. The van der Waals surface area contributed by atoms with E-state index in [9.17, 15) is 4.79 Å². The van der Waals surface area contributed by atoms with Crippen molar-refractivity contribution in [3.63, 3.8) is 0 Å². The SMILES string of the molecule is CCCc1nc(-c2ccc(CC)cc2)sc1C(=O)NN. The summed E-state index contributed by atoms with van der Waals surface area (Å²) in [5.41, 5.74) is 5.36. The smallest absolute Gasteiger partial charge is 0.277 e. The summed E-state index contributed by atoms with van der Waals surface area (Å²) in [5, 5.41) is 0.870. The summed E-state index contributed by atoms with van der Waals surface area (Å²) in [6.45, 7) is 4.20. The third-order valence-electron chi connectivity index (χ3n) is 3.13. The molecular weight excluding hydrogens is 270 g/mol. The standard InChI is InChI=1S/C15H19N3OS/c1-3-5-12-13(14(19)18-16)20-15(17-12)11-8-6-10(4-2)7-9-11/h6-9H,3-5,16H2,1-2H3,(H,18,19). The third kappa shape index (κ3) is 3.05. The van der Waals surface area contributed by atoms with Crippen molar-refractivity contribution >= 4 is 17.2 Å². The van der Waals surface area contributed by atoms with Gasteiger partial charge in [0.1, 0.15) is 9.88 Å². The molecule has 0 spiro atoms. The molecule has 0 aliphatic rings. The van der Waals surface area contributed by atoms with Crippen molar-refractivity contribution in [3.8, 4) is 10.6 Å². The number of thiazole rings is 1. The van der Waals surface area contributed by atoms with E-state index in [1.54, 1.807) is 0 Å². The lowest BCUT2D eigenvalue weighted by molar-refractivity contribution is 0.0956. The van der Waals surface area contributed by atoms with Crippen LogP contribution in [0.1, 0.15) is 41.2 Å². The van der Waals surface area contributed by atoms with Crippen LogP contribution in [0.5, 0.6) is 0 Å². The second kappa shape index (κ2) is 6.63. The summed E-state index contributed by atoms with van der Waals surface area (Å²) in [4.78, 5) is 17.0. The van der Waals surface area contributed by atoms with Crippen molar-refractivity contribution in [1.82, 2.24) is 10.4 Å². The summed E-state index contributed by atoms with van der Waals surface area (Å²) in [6.07, 6.45) is 2.75. The molecule has 1 heterocycles. The maximum Gasteiger partial charge on any atom is 0.277 e. The molecule has 0 atom stereocenters. The molecule has 5 heteroatoms. The fraction of sp³-hybridized carbons (Fsp3) is 0.333. The average Bonchev–Trinajstić information content (AvgIpc) is 2.91. The zero-order valence-corrected chi connectivity index (χ0v) is 12.6. The van der Waals surface area contributed by atoms with Gasteiger partial charge in [0.15, 0.2) is 0 Å². The van der Waals surface area contributed by atoms with Crippen molar-refractivity contribution in [2.45, 2.75) is 33.1 Å². The van der Waals surface area contributed by atoms with E-state index in [0.717, 1.165) is 35.5 Å². The molecule has 1 amide bonds. The molecule has 0 fully saturated rings. The van der Waals surface area contributed by atoms with Gasteiger partial charge in [0.2, 0.25) is 0 Å². The van der Waals surface area contributed by atoms with Crippen molar-refractivity contribution in [2.24, 2.45) is 5.84 Å². The minimum absolute atomic E-state index is 0.262. The Hall–Kier alpha value is -1.72. The Kier molecular flexibility index (Phi) is 4.87. The number of carbonyl (C=O) groups is 1. The first-order valence-electron chi connectivity index (χ1n) is 6.79. The number of benzene rings is 1. The highest BCUT2D eigenvalue weighted by Crippen LogP contribution is 2.29. The minimum Gasteiger partial charge on any atom is -0.289 e. The number of hydrogen-bond acceptors (Lipinski definition) is 4. The molecule has 0 aliphatic carbocycles. The molecule has 1 aromatic heterocycles. The molecular formula is C15H19N3OS. The second-order valence-electron chi connectivity index (χ2n) is 4.57. The Bertz CT molecular complexity index is 590. The van der Waals surface area contributed by atoms with Crippen LogP contribution in [0, 0.1) is 0 Å². The van der Waals surface area contributed by atoms with Crippen molar-refractivity contribution in [3.05, 3.63) is 40.4 Å². The molecule has 0 unspecified atom stereocenters. The van der Waals surface area contributed by atoms with Crippen LogP contribution in [0.2, 0.25) is 0 Å². The van der Waals surface area contributed by atoms with Crippen LogP contribution in [-0.2, 0) is 12.8 Å². The Labute approximate surface area is 123 Å². The Morgan fingerprint density at radius 2 is 2.00 bits per heavy atom. The second-order valence-corrected chi connectivity index (χ2v) is 5.57. The normalized spacial score (nSPS) is 10.6. The third-order valence-corrected chi connectivity index (χ3v) is 4.28. The lowest BCUT2D eigenvalue weighted by atomic mass is 10.1. The van der Waals surface area contributed by atoms with Crippen LogP contribution in [0.4, 0.5) is 0 Å². The van der Waals surface area contributed by atoms with Gasteiger partial charge in [-0.3, -0.25) is 10.2 Å². The predicted molar refractivity (Wildman–Crippen MR) is 82.6 cm³/mol. The number of aryl methyl sites for hydroxylation is 2. The van der Waals surface area contributed by atoms with Crippen molar-refractivity contribution in [2.75, 3.05) is 0 Å². The van der Waals surface area contributed by atoms with Crippen LogP contribution in [0.25, 0.3) is 10.6 Å². The molecule has 0 saturated carbocycles. The number of nitrogens with zero attached hydrogens (tertiary/aromatic N) is 1. The van der Waals surface area contributed by atoms with Gasteiger partial charge in [-0.25, -0.2) is 10.8 Å². The Morgan fingerprint density at radius 3 is 2.55 bits per heavy atom. The quantitative estimate of drug-likeness (QED) is 0.505. The van der Waals surface area contributed by atoms with Crippen molar-refractivity contribution < 1.29 is 4.79 Å². The maximum atomic E-state index is 11.8. The highest BCUT2D eigenvalue weighted by atomic mass is 32.1. The number of hydrogen-bond donors (Lipinski definition) is 2. The maximum absolute atomic E-state index is 11.8. The summed E-state index contributed by atoms with van der Waals surface area (Å²) in [6, 6.07) is 8.30. The number of nitrogens with one attached hydrogen (secondary N) is 1. The summed E-state index contributed by atoms with van der Waals surface area (Å²) in [5.74, 6) is 4.97. The lowest BCUT2D eigenvalue weighted by Crippen LogP contribution is -2.30. The molecule has 3 N–H and O–H groups in total. The van der Waals surface area contributed by atoms with Gasteiger partial charge in [0.05, 0.1) is 5.69 Å². The first-order chi connectivity index (χ1) is 9.69. The van der Waals surface area contributed by atoms with E-state index < -0.39 is 0 Å². The van der Waals surface area contributed by atoms with E-state index in [1.807, 2.05) is 0 Å². The number of nitrogen functional groups attached to an aromatic ring is 1. The molecule has 0 aliphatic heterocycles. The highest BCUT2D eigenvalue weighted by Gasteiger charge is 2.17. The molecule has 0 radical (unpaired) electrons. The monoisotopic (exact) mass is 289 g/mol. The number of amides is 1. The summed E-state index contributed by atoms with van der Waals surface area (Å²) < 4.78 is 0. The fourth-order valence-corrected chi connectivity index (χ4v) is 3.03. The van der Waals surface area contributed by atoms with Gasteiger partial charge in [0.25, 0.3) is 5.91 Å². The fourth-order valence-electron chi connectivity index (χ4n) is 2.01. The van der Waals surface area contributed by atoms with Crippen LogP contribution in [-0.4, -0.2) is 10.9 Å². The number of aromatic nitrogens is 1. The molecule has 2 rings (SSSR count). The topological polar surface area (TPSA) is 68.0 Å². The molecule has 20 heavy (non-hydrogen) atoms. The van der Waals surface area contributed by atoms with Gasteiger partial charge in [0, 0.05) is 5.56 Å². The van der Waals surface area contributed by atoms with Crippen LogP contribution < -0.4 is 11.3 Å². The number of carbonyl (C=O) groups excluding carboxylic acids is 1. The summed E-state index contributed by atoms with van der Waals surface area (Å²) >= 11 is 1.40. The average molecular weight is 289 g/mol. The summed E-state index contributed by atoms with van der Waals surface area (Å²) in [7, 11) is 0. The molecule has 2 aromatic rings. The zero-order chi connectivity index (χ0) is 14.5. The van der Waals surface area contributed by atoms with Gasteiger partial charge >= 0.3 is 0 Å². The van der Waals surface area contributed by atoms with Crippen LogP contribution in [0.3, 0.4) is 0 Å². The largest absolute Gasteiger partial charge is 0.289 e. The Morgan fingerprint density at radius 1 is 1.30 bits per heavy atom.